The predicted molar refractivity (Wildman–Crippen MR) is 147 cm³/mol. The number of carbonyl (C=O) groups excluding carboxylic acids is 2. The molecule has 0 bridgehead atoms. The maximum Gasteiger partial charge on any atom is 0.245 e. The van der Waals surface area contributed by atoms with Crippen molar-refractivity contribution in [1.29, 1.82) is 0 Å². The minimum Gasteiger partial charge on any atom is -0.333 e. The van der Waals surface area contributed by atoms with E-state index in [0.29, 0.717) is 18.8 Å². The summed E-state index contributed by atoms with van der Waals surface area (Å²) >= 11 is 0. The smallest absolute Gasteiger partial charge is 0.245 e. The number of hydrogen-bond acceptors (Lipinski definition) is 3. The van der Waals surface area contributed by atoms with Crippen LogP contribution in [0.25, 0.3) is 5.69 Å². The molecule has 3 aromatic rings. The summed E-state index contributed by atoms with van der Waals surface area (Å²) in [6.45, 7) is 15.0. The van der Waals surface area contributed by atoms with Gasteiger partial charge >= 0.3 is 0 Å². The van der Waals surface area contributed by atoms with Crippen LogP contribution in [-0.2, 0) is 15.0 Å². The summed E-state index contributed by atoms with van der Waals surface area (Å²) < 4.78 is 1.81. The summed E-state index contributed by atoms with van der Waals surface area (Å²) in [7, 11) is 0. The molecule has 1 aromatic heterocycles. The largest absolute Gasteiger partial charge is 0.333 e. The summed E-state index contributed by atoms with van der Waals surface area (Å²) in [5.41, 5.74) is 4.87. The van der Waals surface area contributed by atoms with Crippen LogP contribution in [0.4, 0.5) is 5.82 Å². The third kappa shape index (κ3) is 6.23. The van der Waals surface area contributed by atoms with E-state index in [2.05, 4.69) is 46.0 Å². The van der Waals surface area contributed by atoms with E-state index in [9.17, 15) is 9.59 Å². The van der Waals surface area contributed by atoms with Crippen LogP contribution >= 0.6 is 0 Å². The zero-order chi connectivity index (χ0) is 26.5. The molecular formula is C30H40N4O2. The highest BCUT2D eigenvalue weighted by Crippen LogP contribution is 2.28. The summed E-state index contributed by atoms with van der Waals surface area (Å²) in [4.78, 5) is 28.5. The molecule has 192 valence electrons. The van der Waals surface area contributed by atoms with E-state index < -0.39 is 0 Å². The second kappa shape index (κ2) is 11.5. The fourth-order valence-electron chi connectivity index (χ4n) is 4.34. The number of amides is 2. The van der Waals surface area contributed by atoms with Crippen LogP contribution < -0.4 is 5.32 Å². The molecule has 0 aliphatic heterocycles. The molecular weight excluding hydrogens is 448 g/mol. The van der Waals surface area contributed by atoms with Crippen LogP contribution in [0.1, 0.15) is 75.8 Å². The van der Waals surface area contributed by atoms with Crippen molar-refractivity contribution >= 4 is 17.6 Å². The molecule has 0 saturated heterocycles. The van der Waals surface area contributed by atoms with E-state index in [1.165, 1.54) is 0 Å². The van der Waals surface area contributed by atoms with Crippen LogP contribution in [0.15, 0.2) is 54.6 Å². The molecule has 2 aromatic carbocycles. The maximum atomic E-state index is 13.5. The number of anilines is 1. The lowest BCUT2D eigenvalue weighted by Gasteiger charge is -2.26. The molecule has 0 spiro atoms. The van der Waals surface area contributed by atoms with Gasteiger partial charge in [-0.3, -0.25) is 9.59 Å². The molecule has 3 rings (SSSR count). The molecule has 0 fully saturated rings. The van der Waals surface area contributed by atoms with Crippen molar-refractivity contribution in [1.82, 2.24) is 14.7 Å². The number of benzene rings is 2. The molecule has 36 heavy (non-hydrogen) atoms. The SMILES string of the molecule is CCCN(CC(=O)Nc1cc(C(C)(C)C)nn1-c1cccc(C)c1C)C(=O)C(CC)c1ccccc1. The normalized spacial score (nSPS) is 12.3. The molecule has 0 saturated carbocycles. The monoisotopic (exact) mass is 488 g/mol. The van der Waals surface area contributed by atoms with Crippen molar-refractivity contribution in [3.05, 3.63) is 77.0 Å². The van der Waals surface area contributed by atoms with Gasteiger partial charge in [0.1, 0.15) is 5.82 Å². The number of aromatic nitrogens is 2. The Bertz CT molecular complexity index is 1190. The number of nitrogens with zero attached hydrogens (tertiary/aromatic N) is 3. The van der Waals surface area contributed by atoms with Crippen LogP contribution in [-0.4, -0.2) is 39.6 Å². The lowest BCUT2D eigenvalue weighted by molar-refractivity contribution is -0.136. The van der Waals surface area contributed by atoms with Crippen molar-refractivity contribution in [3.8, 4) is 5.69 Å². The van der Waals surface area contributed by atoms with E-state index in [4.69, 9.17) is 5.10 Å². The highest BCUT2D eigenvalue weighted by Gasteiger charge is 2.27. The average Bonchev–Trinajstić information content (AvgIpc) is 3.25. The molecule has 0 aliphatic carbocycles. The lowest BCUT2D eigenvalue weighted by atomic mass is 9.92. The molecule has 2 amide bonds. The van der Waals surface area contributed by atoms with Crippen LogP contribution in [0.2, 0.25) is 0 Å². The van der Waals surface area contributed by atoms with E-state index in [0.717, 1.165) is 34.5 Å². The van der Waals surface area contributed by atoms with Crippen molar-refractivity contribution in [2.75, 3.05) is 18.4 Å². The highest BCUT2D eigenvalue weighted by molar-refractivity contribution is 5.95. The first-order chi connectivity index (χ1) is 17.1. The topological polar surface area (TPSA) is 67.2 Å². The molecule has 0 radical (unpaired) electrons. The second-order valence-electron chi connectivity index (χ2n) is 10.5. The van der Waals surface area contributed by atoms with Gasteiger partial charge in [0.15, 0.2) is 0 Å². The van der Waals surface area contributed by atoms with Gasteiger partial charge in [-0.15, -0.1) is 0 Å². The van der Waals surface area contributed by atoms with Crippen molar-refractivity contribution in [2.45, 2.75) is 72.6 Å². The zero-order valence-electron chi connectivity index (χ0n) is 22.8. The third-order valence-corrected chi connectivity index (χ3v) is 6.60. The van der Waals surface area contributed by atoms with E-state index in [1.807, 2.05) is 67.1 Å². The van der Waals surface area contributed by atoms with Gasteiger partial charge in [0.2, 0.25) is 11.8 Å². The van der Waals surface area contributed by atoms with Gasteiger partial charge in [-0.25, -0.2) is 4.68 Å². The number of hydrogen-bond donors (Lipinski definition) is 1. The van der Waals surface area contributed by atoms with Gasteiger partial charge < -0.3 is 10.2 Å². The first-order valence-corrected chi connectivity index (χ1v) is 12.9. The molecule has 1 heterocycles. The van der Waals surface area contributed by atoms with E-state index in [1.54, 1.807) is 4.90 Å². The Labute approximate surface area is 215 Å². The molecule has 1 N–H and O–H groups in total. The van der Waals surface area contributed by atoms with Gasteiger partial charge in [0, 0.05) is 18.0 Å². The Morgan fingerprint density at radius 1 is 1.03 bits per heavy atom. The summed E-state index contributed by atoms with van der Waals surface area (Å²) in [5, 5.41) is 7.92. The van der Waals surface area contributed by atoms with Gasteiger partial charge in [-0.1, -0.05) is 77.1 Å². The van der Waals surface area contributed by atoms with Crippen LogP contribution in [0, 0.1) is 13.8 Å². The molecule has 1 atom stereocenters. The number of carbonyl (C=O) groups is 2. The maximum absolute atomic E-state index is 13.5. The van der Waals surface area contributed by atoms with Crippen molar-refractivity contribution in [2.24, 2.45) is 0 Å². The number of aryl methyl sites for hydroxylation is 1. The molecule has 1 unspecified atom stereocenters. The van der Waals surface area contributed by atoms with E-state index in [-0.39, 0.29) is 29.7 Å². The average molecular weight is 489 g/mol. The minimum atomic E-state index is -0.265. The first kappa shape index (κ1) is 27.2. The first-order valence-electron chi connectivity index (χ1n) is 12.9. The zero-order valence-corrected chi connectivity index (χ0v) is 22.8. The van der Waals surface area contributed by atoms with Gasteiger partial charge in [-0.05, 0) is 49.4 Å². The van der Waals surface area contributed by atoms with Crippen molar-refractivity contribution in [3.63, 3.8) is 0 Å². The quantitative estimate of drug-likeness (QED) is 0.392. The van der Waals surface area contributed by atoms with Crippen LogP contribution in [0.3, 0.4) is 0 Å². The Morgan fingerprint density at radius 3 is 2.33 bits per heavy atom. The van der Waals surface area contributed by atoms with Gasteiger partial charge in [-0.2, -0.15) is 5.10 Å². The molecule has 6 nitrogen and oxygen atoms in total. The summed E-state index contributed by atoms with van der Waals surface area (Å²) in [5.74, 6) is 0.0990. The molecule has 6 heteroatoms. The Morgan fingerprint density at radius 2 is 1.72 bits per heavy atom. The molecule has 0 aliphatic rings. The Balaban J connectivity index is 1.88. The summed E-state index contributed by atoms with van der Waals surface area (Å²) in [6, 6.07) is 17.8. The Kier molecular flexibility index (Phi) is 8.72. The highest BCUT2D eigenvalue weighted by atomic mass is 16.2. The minimum absolute atomic E-state index is 0.00115. The number of rotatable bonds is 9. The Hall–Kier alpha value is -3.41. The van der Waals surface area contributed by atoms with Gasteiger partial charge in [0.25, 0.3) is 0 Å². The second-order valence-corrected chi connectivity index (χ2v) is 10.5. The number of nitrogens with one attached hydrogen (secondary N) is 1. The van der Waals surface area contributed by atoms with Crippen LogP contribution in [0.5, 0.6) is 0 Å². The standard InChI is InChI=1S/C30H40N4O2/c1-8-18-33(29(36)24(9-2)23-15-11-10-12-16-23)20-28(35)31-27-19-26(30(5,6)7)32-34(27)25-17-13-14-21(3)22(25)4/h10-17,19,24H,8-9,18,20H2,1-7H3,(H,31,35). The van der Waals surface area contributed by atoms with Crippen molar-refractivity contribution < 1.29 is 9.59 Å². The fourth-order valence-corrected chi connectivity index (χ4v) is 4.34. The van der Waals surface area contributed by atoms with Gasteiger partial charge in [0.05, 0.1) is 23.8 Å². The summed E-state index contributed by atoms with van der Waals surface area (Å²) in [6.07, 6.45) is 1.46. The van der Waals surface area contributed by atoms with E-state index >= 15 is 0 Å². The fraction of sp³-hybridized carbons (Fsp3) is 0.433. The third-order valence-electron chi connectivity index (χ3n) is 6.60. The predicted octanol–water partition coefficient (Wildman–Crippen LogP) is 6.16. The lowest BCUT2D eigenvalue weighted by Crippen LogP contribution is -2.41.